The van der Waals surface area contributed by atoms with E-state index in [2.05, 4.69) is 9.88 Å². The second-order valence-electron chi connectivity index (χ2n) is 8.59. The molecule has 0 radical (unpaired) electrons. The van der Waals surface area contributed by atoms with Crippen LogP contribution in [0.2, 0.25) is 5.02 Å². The lowest BCUT2D eigenvalue weighted by Crippen LogP contribution is -2.38. The molecule has 3 heterocycles. The molecule has 2 aromatic carbocycles. The Morgan fingerprint density at radius 2 is 1.97 bits per heavy atom. The molecule has 8 nitrogen and oxygen atoms in total. The summed E-state index contributed by atoms with van der Waals surface area (Å²) >= 11 is 8.02. The van der Waals surface area contributed by atoms with E-state index in [0.717, 1.165) is 54.4 Å². The van der Waals surface area contributed by atoms with Crippen molar-refractivity contribution in [3.05, 3.63) is 70.3 Å². The van der Waals surface area contributed by atoms with E-state index in [-0.39, 0.29) is 0 Å². The topological polar surface area (TPSA) is 75.1 Å². The predicted molar refractivity (Wildman–Crippen MR) is 144 cm³/mol. The van der Waals surface area contributed by atoms with E-state index in [9.17, 15) is 4.79 Å². The Balaban J connectivity index is 1.35. The molecule has 37 heavy (non-hydrogen) atoms. The number of hydrogen-bond acceptors (Lipinski definition) is 8. The molecule has 1 atom stereocenters. The fraction of sp³-hybridized carbons (Fsp3) is 0.333. The smallest absolute Gasteiger partial charge is 0.351 e. The van der Waals surface area contributed by atoms with Crippen molar-refractivity contribution in [1.82, 2.24) is 14.5 Å². The van der Waals surface area contributed by atoms with E-state index < -0.39 is 12.1 Å². The van der Waals surface area contributed by atoms with Gasteiger partial charge in [0.25, 0.3) is 0 Å². The summed E-state index contributed by atoms with van der Waals surface area (Å²) in [4.78, 5) is 19.7. The molecular weight excluding hydrogens is 514 g/mol. The van der Waals surface area contributed by atoms with Gasteiger partial charge in [-0.05, 0) is 25.1 Å². The molecule has 4 aromatic rings. The number of carbonyl (C=O) groups is 1. The van der Waals surface area contributed by atoms with Crippen LogP contribution in [0, 0.1) is 0 Å². The number of methoxy groups -OCH3 is 1. The van der Waals surface area contributed by atoms with E-state index in [1.165, 1.54) is 18.4 Å². The van der Waals surface area contributed by atoms with Gasteiger partial charge in [0.05, 0.1) is 36.4 Å². The SMILES string of the molecule is COC(=O)c1sc(-n2cnc3ccccc32)cc1OC(C)c1cccc(OCCN2CCOCC2)c1Cl. The lowest BCUT2D eigenvalue weighted by Gasteiger charge is -2.26. The Bertz CT molecular complexity index is 1380. The summed E-state index contributed by atoms with van der Waals surface area (Å²) in [6.45, 7) is 6.53. The van der Waals surface area contributed by atoms with Crippen LogP contribution in [0.25, 0.3) is 16.0 Å². The first-order valence-electron chi connectivity index (χ1n) is 12.1. The summed E-state index contributed by atoms with van der Waals surface area (Å²) < 4.78 is 24.7. The number of aromatic nitrogens is 2. The van der Waals surface area contributed by atoms with Gasteiger partial charge in [0.1, 0.15) is 35.5 Å². The summed E-state index contributed by atoms with van der Waals surface area (Å²) in [6, 6.07) is 15.3. The summed E-state index contributed by atoms with van der Waals surface area (Å²) in [5.74, 6) is 0.563. The third-order valence-corrected chi connectivity index (χ3v) is 7.75. The number of imidazole rings is 1. The van der Waals surface area contributed by atoms with Crippen LogP contribution in [-0.2, 0) is 9.47 Å². The first-order valence-corrected chi connectivity index (χ1v) is 13.3. The largest absolute Gasteiger partial charge is 0.491 e. The van der Waals surface area contributed by atoms with Gasteiger partial charge in [-0.3, -0.25) is 9.47 Å². The number of hydrogen-bond donors (Lipinski definition) is 0. The number of benzene rings is 2. The van der Waals surface area contributed by atoms with Crippen molar-refractivity contribution >= 4 is 39.9 Å². The van der Waals surface area contributed by atoms with Crippen LogP contribution >= 0.6 is 22.9 Å². The molecule has 0 amide bonds. The molecular formula is C27H28ClN3O5S. The highest BCUT2D eigenvalue weighted by atomic mass is 35.5. The van der Waals surface area contributed by atoms with Crippen LogP contribution in [0.5, 0.6) is 11.5 Å². The molecule has 194 valence electrons. The van der Waals surface area contributed by atoms with Gasteiger partial charge in [0, 0.05) is 31.3 Å². The molecule has 1 unspecified atom stereocenters. The number of fused-ring (bicyclic) bond motifs is 1. The molecule has 0 N–H and O–H groups in total. The van der Waals surface area contributed by atoms with E-state index in [0.29, 0.717) is 28.0 Å². The third-order valence-electron chi connectivity index (χ3n) is 6.25. The van der Waals surface area contributed by atoms with Crippen molar-refractivity contribution in [3.63, 3.8) is 0 Å². The van der Waals surface area contributed by atoms with E-state index in [4.69, 9.17) is 30.5 Å². The summed E-state index contributed by atoms with van der Waals surface area (Å²) in [7, 11) is 1.36. The number of rotatable bonds is 9. The van der Waals surface area contributed by atoms with Crippen molar-refractivity contribution in [2.75, 3.05) is 46.6 Å². The highest BCUT2D eigenvalue weighted by molar-refractivity contribution is 7.16. The number of thiophene rings is 1. The molecule has 0 saturated carbocycles. The maximum Gasteiger partial charge on any atom is 0.351 e. The number of carbonyl (C=O) groups excluding carboxylic acids is 1. The zero-order valence-corrected chi connectivity index (χ0v) is 22.3. The van der Waals surface area contributed by atoms with Crippen LogP contribution in [0.15, 0.2) is 54.9 Å². The predicted octanol–water partition coefficient (Wildman–Crippen LogP) is 5.38. The fourth-order valence-corrected chi connectivity index (χ4v) is 5.58. The summed E-state index contributed by atoms with van der Waals surface area (Å²) in [6.07, 6.45) is 1.29. The van der Waals surface area contributed by atoms with E-state index >= 15 is 0 Å². The first kappa shape index (κ1) is 25.5. The van der Waals surface area contributed by atoms with Gasteiger partial charge < -0.3 is 18.9 Å². The molecule has 2 aromatic heterocycles. The minimum Gasteiger partial charge on any atom is -0.491 e. The normalized spacial score (nSPS) is 15.0. The molecule has 1 saturated heterocycles. The zero-order valence-electron chi connectivity index (χ0n) is 20.7. The lowest BCUT2D eigenvalue weighted by atomic mass is 10.1. The second-order valence-corrected chi connectivity index (χ2v) is 10.0. The van der Waals surface area contributed by atoms with Gasteiger partial charge in [0.2, 0.25) is 0 Å². The maximum atomic E-state index is 12.6. The monoisotopic (exact) mass is 541 g/mol. The van der Waals surface area contributed by atoms with Crippen LogP contribution in [-0.4, -0.2) is 67.0 Å². The van der Waals surface area contributed by atoms with Gasteiger partial charge in [-0.25, -0.2) is 9.78 Å². The zero-order chi connectivity index (χ0) is 25.8. The summed E-state index contributed by atoms with van der Waals surface area (Å²) in [5.41, 5.74) is 2.57. The van der Waals surface area contributed by atoms with Crippen molar-refractivity contribution in [3.8, 4) is 16.5 Å². The molecule has 0 bridgehead atoms. The van der Waals surface area contributed by atoms with Gasteiger partial charge in [-0.2, -0.15) is 0 Å². The van der Waals surface area contributed by atoms with Crippen LogP contribution in [0.3, 0.4) is 0 Å². The quantitative estimate of drug-likeness (QED) is 0.263. The Kier molecular flexibility index (Phi) is 7.95. The number of esters is 1. The Morgan fingerprint density at radius 3 is 2.78 bits per heavy atom. The standard InChI is InChI=1S/C27H28ClN3O5S/c1-18(19-6-5-9-22(25(19)28)35-15-12-30-10-13-34-14-11-30)36-23-16-24(37-26(23)27(32)33-2)31-17-29-20-7-3-4-8-21(20)31/h3-9,16-18H,10-15H2,1-2H3. The number of ether oxygens (including phenoxy) is 4. The third kappa shape index (κ3) is 5.60. The average Bonchev–Trinajstić information content (AvgIpc) is 3.54. The number of halogens is 1. The van der Waals surface area contributed by atoms with Gasteiger partial charge in [-0.1, -0.05) is 35.9 Å². The van der Waals surface area contributed by atoms with Crippen molar-refractivity contribution in [2.45, 2.75) is 13.0 Å². The highest BCUT2D eigenvalue weighted by Crippen LogP contribution is 2.39. The molecule has 1 aliphatic rings. The minimum absolute atomic E-state index is 0.371. The highest BCUT2D eigenvalue weighted by Gasteiger charge is 2.24. The number of para-hydroxylation sites is 2. The molecule has 1 aliphatic heterocycles. The molecule has 1 fully saturated rings. The minimum atomic E-state index is -0.464. The van der Waals surface area contributed by atoms with Crippen LogP contribution in [0.4, 0.5) is 0 Å². The lowest BCUT2D eigenvalue weighted by molar-refractivity contribution is 0.0322. The molecule has 0 aliphatic carbocycles. The molecule has 10 heteroatoms. The van der Waals surface area contributed by atoms with Crippen molar-refractivity contribution in [2.24, 2.45) is 0 Å². The van der Waals surface area contributed by atoms with Gasteiger partial charge in [0.15, 0.2) is 4.88 Å². The second kappa shape index (κ2) is 11.5. The van der Waals surface area contributed by atoms with Crippen LogP contribution in [0.1, 0.15) is 28.3 Å². The number of morpholine rings is 1. The molecule has 5 rings (SSSR count). The number of nitrogens with zero attached hydrogens (tertiary/aromatic N) is 3. The Morgan fingerprint density at radius 1 is 1.16 bits per heavy atom. The fourth-order valence-electron chi connectivity index (χ4n) is 4.25. The van der Waals surface area contributed by atoms with Crippen LogP contribution < -0.4 is 9.47 Å². The van der Waals surface area contributed by atoms with Gasteiger partial charge >= 0.3 is 5.97 Å². The Hall–Kier alpha value is -3.11. The van der Waals surface area contributed by atoms with Crippen molar-refractivity contribution < 1.29 is 23.7 Å². The molecule has 0 spiro atoms. The maximum absolute atomic E-state index is 12.6. The summed E-state index contributed by atoms with van der Waals surface area (Å²) in [5, 5.41) is 1.29. The van der Waals surface area contributed by atoms with Crippen molar-refractivity contribution in [1.29, 1.82) is 0 Å². The van der Waals surface area contributed by atoms with E-state index in [1.54, 1.807) is 6.33 Å². The van der Waals surface area contributed by atoms with Gasteiger partial charge in [-0.15, -0.1) is 11.3 Å². The first-order chi connectivity index (χ1) is 18.0. The Labute approximate surface area is 224 Å². The average molecular weight is 542 g/mol. The van der Waals surface area contributed by atoms with E-state index in [1.807, 2.05) is 60.0 Å².